The van der Waals surface area contributed by atoms with Crippen LogP contribution < -0.4 is 10.6 Å². The van der Waals surface area contributed by atoms with Crippen LogP contribution in [0.1, 0.15) is 38.9 Å². The number of ether oxygens (including phenoxy) is 1. The van der Waals surface area contributed by atoms with Crippen LogP contribution in [0.5, 0.6) is 0 Å². The third-order valence-electron chi connectivity index (χ3n) is 3.00. The Morgan fingerprint density at radius 1 is 1.24 bits per heavy atom. The summed E-state index contributed by atoms with van der Waals surface area (Å²) in [6, 6.07) is 1.96. The minimum atomic E-state index is 0.0448. The number of hydrogen-bond acceptors (Lipinski definition) is 6. The fourth-order valence-corrected chi connectivity index (χ4v) is 2.01. The minimum Gasteiger partial charge on any atom is -0.396 e. The van der Waals surface area contributed by atoms with Gasteiger partial charge in [-0.3, -0.25) is 0 Å². The Kier molecular flexibility index (Phi) is 8.69. The van der Waals surface area contributed by atoms with Gasteiger partial charge in [-0.2, -0.15) is 0 Å². The van der Waals surface area contributed by atoms with Gasteiger partial charge in [-0.25, -0.2) is 9.97 Å². The lowest BCUT2D eigenvalue weighted by molar-refractivity contribution is 0.170. The highest BCUT2D eigenvalue weighted by Crippen LogP contribution is 2.14. The van der Waals surface area contributed by atoms with E-state index in [1.807, 2.05) is 6.07 Å². The monoisotopic (exact) mass is 296 g/mol. The van der Waals surface area contributed by atoms with Gasteiger partial charge in [0.2, 0.25) is 0 Å². The Labute approximate surface area is 127 Å². The van der Waals surface area contributed by atoms with E-state index in [0.717, 1.165) is 43.3 Å². The largest absolute Gasteiger partial charge is 0.396 e. The summed E-state index contributed by atoms with van der Waals surface area (Å²) in [5, 5.41) is 15.7. The van der Waals surface area contributed by atoms with Crippen LogP contribution in [-0.4, -0.2) is 48.0 Å². The summed E-state index contributed by atoms with van der Waals surface area (Å²) in [5.41, 5.74) is 0. The van der Waals surface area contributed by atoms with Crippen LogP contribution in [0.15, 0.2) is 6.07 Å². The Bertz CT molecular complexity index is 395. The second-order valence-corrected chi connectivity index (χ2v) is 5.04. The highest BCUT2D eigenvalue weighted by molar-refractivity contribution is 5.48. The smallest absolute Gasteiger partial charge is 0.133 e. The van der Waals surface area contributed by atoms with E-state index < -0.39 is 0 Å². The molecule has 0 aromatic carbocycles. The number of anilines is 2. The number of hydrogen-bond donors (Lipinski definition) is 3. The van der Waals surface area contributed by atoms with Crippen LogP contribution >= 0.6 is 0 Å². The average Bonchev–Trinajstić information content (AvgIpc) is 2.46. The molecule has 1 heterocycles. The molecule has 1 unspecified atom stereocenters. The molecule has 0 spiro atoms. The number of aliphatic hydroxyl groups excluding tert-OH is 1. The maximum Gasteiger partial charge on any atom is 0.133 e. The van der Waals surface area contributed by atoms with Gasteiger partial charge in [0.25, 0.3) is 0 Å². The van der Waals surface area contributed by atoms with Crippen LogP contribution in [0.4, 0.5) is 11.6 Å². The predicted molar refractivity (Wildman–Crippen MR) is 85.8 cm³/mol. The van der Waals surface area contributed by atoms with Gasteiger partial charge in [0.05, 0.1) is 12.6 Å². The molecule has 1 aromatic heterocycles. The van der Waals surface area contributed by atoms with E-state index in [-0.39, 0.29) is 12.6 Å². The quantitative estimate of drug-likeness (QED) is 0.580. The van der Waals surface area contributed by atoms with E-state index in [4.69, 9.17) is 9.84 Å². The summed E-state index contributed by atoms with van der Waals surface area (Å²) < 4.78 is 5.17. The predicted octanol–water partition coefficient (Wildman–Crippen LogP) is 2.06. The lowest BCUT2D eigenvalue weighted by Gasteiger charge is -2.18. The fourth-order valence-electron chi connectivity index (χ4n) is 2.01. The summed E-state index contributed by atoms with van der Waals surface area (Å²) in [6.45, 7) is 5.78. The second-order valence-electron chi connectivity index (χ2n) is 5.04. The maximum atomic E-state index is 9.11. The molecular weight excluding hydrogens is 268 g/mol. The van der Waals surface area contributed by atoms with E-state index >= 15 is 0 Å². The summed E-state index contributed by atoms with van der Waals surface area (Å²) >= 11 is 0. The number of rotatable bonds is 11. The topological polar surface area (TPSA) is 79.3 Å². The van der Waals surface area contributed by atoms with Crippen molar-refractivity contribution in [2.45, 2.75) is 45.6 Å². The third-order valence-corrected chi connectivity index (χ3v) is 3.00. The first kappa shape index (κ1) is 17.7. The molecule has 6 nitrogen and oxygen atoms in total. The molecule has 1 atom stereocenters. The standard InChI is InChI=1S/C15H28N4O2/c1-4-6-13-18-14(16-8-5-2)10-15(19-13)17-12(7-9-20)11-21-3/h10,12,20H,4-9,11H2,1-3H3,(H2,16,17,18,19). The van der Waals surface area contributed by atoms with Crippen molar-refractivity contribution in [2.24, 2.45) is 0 Å². The van der Waals surface area contributed by atoms with Crippen LogP contribution in [0.3, 0.4) is 0 Å². The zero-order valence-corrected chi connectivity index (χ0v) is 13.4. The van der Waals surface area contributed by atoms with Crippen molar-refractivity contribution in [3.63, 3.8) is 0 Å². The van der Waals surface area contributed by atoms with Crippen LogP contribution in [0, 0.1) is 0 Å². The Morgan fingerprint density at radius 2 is 2.00 bits per heavy atom. The third kappa shape index (κ3) is 6.73. The number of aliphatic hydroxyl groups is 1. The number of nitrogens with one attached hydrogen (secondary N) is 2. The molecule has 0 aliphatic rings. The van der Waals surface area contributed by atoms with Crippen molar-refractivity contribution in [1.29, 1.82) is 0 Å². The van der Waals surface area contributed by atoms with Crippen molar-refractivity contribution in [1.82, 2.24) is 9.97 Å². The van der Waals surface area contributed by atoms with Gasteiger partial charge in [-0.15, -0.1) is 0 Å². The zero-order chi connectivity index (χ0) is 15.5. The number of nitrogens with zero attached hydrogens (tertiary/aromatic N) is 2. The van der Waals surface area contributed by atoms with Crippen molar-refractivity contribution < 1.29 is 9.84 Å². The van der Waals surface area contributed by atoms with Gasteiger partial charge in [-0.05, 0) is 19.3 Å². The van der Waals surface area contributed by atoms with E-state index in [1.165, 1.54) is 0 Å². The van der Waals surface area contributed by atoms with E-state index in [0.29, 0.717) is 13.0 Å². The van der Waals surface area contributed by atoms with Crippen molar-refractivity contribution in [2.75, 3.05) is 37.5 Å². The summed E-state index contributed by atoms with van der Waals surface area (Å²) in [5.74, 6) is 2.46. The van der Waals surface area contributed by atoms with E-state index in [2.05, 4.69) is 34.4 Å². The molecule has 0 aliphatic heterocycles. The normalized spacial score (nSPS) is 12.2. The first-order valence-electron chi connectivity index (χ1n) is 7.71. The van der Waals surface area contributed by atoms with Gasteiger partial charge >= 0.3 is 0 Å². The molecule has 0 radical (unpaired) electrons. The molecule has 21 heavy (non-hydrogen) atoms. The molecule has 0 saturated heterocycles. The van der Waals surface area contributed by atoms with Gasteiger partial charge in [0, 0.05) is 32.7 Å². The first-order valence-corrected chi connectivity index (χ1v) is 7.71. The van der Waals surface area contributed by atoms with Gasteiger partial charge in [-0.1, -0.05) is 13.8 Å². The Morgan fingerprint density at radius 3 is 2.62 bits per heavy atom. The Balaban J connectivity index is 2.83. The maximum absolute atomic E-state index is 9.11. The molecular formula is C15H28N4O2. The molecule has 0 amide bonds. The lowest BCUT2D eigenvalue weighted by Crippen LogP contribution is -2.27. The summed E-state index contributed by atoms with van der Waals surface area (Å²) in [7, 11) is 1.66. The van der Waals surface area contributed by atoms with Crippen LogP contribution in [0.25, 0.3) is 0 Å². The number of methoxy groups -OCH3 is 1. The molecule has 0 bridgehead atoms. The molecule has 0 saturated carbocycles. The van der Waals surface area contributed by atoms with Crippen LogP contribution in [-0.2, 0) is 11.2 Å². The molecule has 3 N–H and O–H groups in total. The fraction of sp³-hybridized carbons (Fsp3) is 0.733. The van der Waals surface area contributed by atoms with E-state index in [9.17, 15) is 0 Å². The molecule has 1 rings (SSSR count). The number of aryl methyl sites for hydroxylation is 1. The highest BCUT2D eigenvalue weighted by Gasteiger charge is 2.11. The summed E-state index contributed by atoms with van der Waals surface area (Å²) in [4.78, 5) is 9.05. The number of aromatic nitrogens is 2. The van der Waals surface area contributed by atoms with E-state index in [1.54, 1.807) is 7.11 Å². The molecule has 1 aromatic rings. The van der Waals surface area contributed by atoms with Gasteiger partial charge < -0.3 is 20.5 Å². The van der Waals surface area contributed by atoms with Gasteiger partial charge in [0.15, 0.2) is 0 Å². The second kappa shape index (κ2) is 10.3. The average molecular weight is 296 g/mol. The Hall–Kier alpha value is -1.40. The summed E-state index contributed by atoms with van der Waals surface area (Å²) in [6.07, 6.45) is 3.53. The van der Waals surface area contributed by atoms with Gasteiger partial charge in [0.1, 0.15) is 17.5 Å². The van der Waals surface area contributed by atoms with Crippen LogP contribution in [0.2, 0.25) is 0 Å². The zero-order valence-electron chi connectivity index (χ0n) is 13.4. The SMILES string of the molecule is CCCNc1cc(NC(CCO)COC)nc(CCC)n1. The van der Waals surface area contributed by atoms with Crippen molar-refractivity contribution >= 4 is 11.6 Å². The highest BCUT2D eigenvalue weighted by atomic mass is 16.5. The first-order chi connectivity index (χ1) is 10.2. The molecule has 120 valence electrons. The molecule has 0 fully saturated rings. The van der Waals surface area contributed by atoms with Crippen molar-refractivity contribution in [3.05, 3.63) is 11.9 Å². The van der Waals surface area contributed by atoms with Crippen molar-refractivity contribution in [3.8, 4) is 0 Å². The molecule has 6 heteroatoms. The molecule has 0 aliphatic carbocycles. The lowest BCUT2D eigenvalue weighted by atomic mass is 10.2. The minimum absolute atomic E-state index is 0.0448.